The van der Waals surface area contributed by atoms with Gasteiger partial charge >= 0.3 is 0 Å². The van der Waals surface area contributed by atoms with Crippen molar-refractivity contribution in [3.63, 3.8) is 0 Å². The number of nitrogens with one attached hydrogen (secondary N) is 2. The lowest BCUT2D eigenvalue weighted by Crippen LogP contribution is -2.30. The van der Waals surface area contributed by atoms with Crippen molar-refractivity contribution < 1.29 is 5.11 Å². The van der Waals surface area contributed by atoms with Crippen LogP contribution in [0.3, 0.4) is 0 Å². The highest BCUT2D eigenvalue weighted by atomic mass is 16.3. The molecule has 1 aliphatic rings. The number of anilines is 1. The van der Waals surface area contributed by atoms with Gasteiger partial charge in [0.15, 0.2) is 0 Å². The van der Waals surface area contributed by atoms with E-state index in [1.807, 2.05) is 19.3 Å². The highest BCUT2D eigenvalue weighted by Crippen LogP contribution is 2.10. The molecule has 0 bridgehead atoms. The first-order valence-electron chi connectivity index (χ1n) is 6.96. The Morgan fingerprint density at radius 2 is 2.32 bits per heavy atom. The van der Waals surface area contributed by atoms with Crippen molar-refractivity contribution in [3.8, 4) is 0 Å². The molecular formula is C14H24N4O. The zero-order chi connectivity index (χ0) is 13.7. The maximum atomic E-state index is 9.69. The summed E-state index contributed by atoms with van der Waals surface area (Å²) in [4.78, 5) is 6.55. The third kappa shape index (κ3) is 3.89. The van der Waals surface area contributed by atoms with Crippen LogP contribution in [-0.4, -0.2) is 49.4 Å². The van der Waals surface area contributed by atoms with Gasteiger partial charge in [0.2, 0.25) is 0 Å². The molecule has 5 nitrogen and oxygen atoms in total. The second-order valence-corrected chi connectivity index (χ2v) is 5.16. The van der Waals surface area contributed by atoms with Crippen molar-refractivity contribution in [1.82, 2.24) is 15.6 Å². The predicted octanol–water partition coefficient (Wildman–Crippen LogP) is 0.208. The Kier molecular flexibility index (Phi) is 5.13. The van der Waals surface area contributed by atoms with Crippen LogP contribution >= 0.6 is 0 Å². The number of nitrogens with zero attached hydrogens (tertiary/aromatic N) is 2. The van der Waals surface area contributed by atoms with Gasteiger partial charge in [0, 0.05) is 51.9 Å². The summed E-state index contributed by atoms with van der Waals surface area (Å²) in [6.07, 6.45) is 1.70. The number of aromatic nitrogens is 1. The van der Waals surface area contributed by atoms with E-state index in [0.717, 1.165) is 32.0 Å². The summed E-state index contributed by atoms with van der Waals surface area (Å²) in [5, 5.41) is 16.3. The van der Waals surface area contributed by atoms with Crippen LogP contribution in [0.2, 0.25) is 0 Å². The lowest BCUT2D eigenvalue weighted by molar-refractivity contribution is 0.146. The van der Waals surface area contributed by atoms with Gasteiger partial charge in [-0.3, -0.25) is 0 Å². The molecule has 2 rings (SSSR count). The van der Waals surface area contributed by atoms with Crippen LogP contribution in [0.5, 0.6) is 0 Å². The van der Waals surface area contributed by atoms with E-state index in [-0.39, 0.29) is 6.10 Å². The Hall–Kier alpha value is -1.17. The van der Waals surface area contributed by atoms with Crippen molar-refractivity contribution in [2.24, 2.45) is 5.92 Å². The number of rotatable bonds is 6. The molecule has 0 saturated carbocycles. The van der Waals surface area contributed by atoms with Crippen LogP contribution < -0.4 is 15.5 Å². The summed E-state index contributed by atoms with van der Waals surface area (Å²) in [5.41, 5.74) is 1.17. The molecule has 0 aliphatic carbocycles. The lowest BCUT2D eigenvalue weighted by Gasteiger charge is -2.16. The van der Waals surface area contributed by atoms with E-state index in [1.54, 1.807) is 0 Å². The molecule has 19 heavy (non-hydrogen) atoms. The normalized spacial score (nSPS) is 22.7. The number of pyridine rings is 1. The fourth-order valence-corrected chi connectivity index (χ4v) is 2.24. The number of aliphatic hydroxyl groups is 1. The first-order valence-corrected chi connectivity index (χ1v) is 6.96. The maximum absolute atomic E-state index is 9.69. The molecule has 0 amide bonds. The summed E-state index contributed by atoms with van der Waals surface area (Å²) < 4.78 is 0. The van der Waals surface area contributed by atoms with Gasteiger partial charge < -0.3 is 20.6 Å². The molecule has 1 aromatic rings. The molecule has 2 unspecified atom stereocenters. The summed E-state index contributed by atoms with van der Waals surface area (Å²) in [7, 11) is 2.04. The van der Waals surface area contributed by atoms with Gasteiger partial charge in [-0.15, -0.1) is 0 Å². The minimum Gasteiger partial charge on any atom is -0.391 e. The standard InChI is InChI=1S/C14H24N4O/c1-3-18(2)14-5-4-11(7-17-14)6-15-8-12-9-16-10-13(12)19/h4-5,7,12-13,15-16,19H,3,6,8-10H2,1-2H3. The Labute approximate surface area is 115 Å². The van der Waals surface area contributed by atoms with E-state index < -0.39 is 0 Å². The van der Waals surface area contributed by atoms with E-state index in [2.05, 4.69) is 33.5 Å². The summed E-state index contributed by atoms with van der Waals surface area (Å²) in [6.45, 7) is 6.31. The third-order valence-electron chi connectivity index (χ3n) is 3.71. The minimum absolute atomic E-state index is 0.216. The van der Waals surface area contributed by atoms with Crippen LogP contribution in [0, 0.1) is 5.92 Å². The molecule has 1 saturated heterocycles. The van der Waals surface area contributed by atoms with E-state index >= 15 is 0 Å². The number of hydrogen-bond donors (Lipinski definition) is 3. The van der Waals surface area contributed by atoms with Gasteiger partial charge in [0.25, 0.3) is 0 Å². The number of aliphatic hydroxyl groups excluding tert-OH is 1. The zero-order valence-corrected chi connectivity index (χ0v) is 11.8. The molecule has 1 aliphatic heterocycles. The molecule has 3 N–H and O–H groups in total. The highest BCUT2D eigenvalue weighted by molar-refractivity contribution is 5.37. The van der Waals surface area contributed by atoms with Gasteiger partial charge in [-0.25, -0.2) is 4.98 Å². The van der Waals surface area contributed by atoms with Crippen LogP contribution in [-0.2, 0) is 6.54 Å². The van der Waals surface area contributed by atoms with E-state index in [0.29, 0.717) is 12.5 Å². The topological polar surface area (TPSA) is 60.4 Å². The van der Waals surface area contributed by atoms with Crippen LogP contribution in [0.1, 0.15) is 12.5 Å². The highest BCUT2D eigenvalue weighted by Gasteiger charge is 2.23. The second-order valence-electron chi connectivity index (χ2n) is 5.16. The fourth-order valence-electron chi connectivity index (χ4n) is 2.24. The van der Waals surface area contributed by atoms with Gasteiger partial charge in [-0.1, -0.05) is 6.07 Å². The largest absolute Gasteiger partial charge is 0.391 e. The average molecular weight is 264 g/mol. The van der Waals surface area contributed by atoms with Crippen molar-refractivity contribution in [2.75, 3.05) is 38.1 Å². The third-order valence-corrected chi connectivity index (χ3v) is 3.71. The first-order chi connectivity index (χ1) is 9.20. The SMILES string of the molecule is CCN(C)c1ccc(CNCC2CNCC2O)cn1. The molecule has 0 spiro atoms. The van der Waals surface area contributed by atoms with Gasteiger partial charge in [-0.05, 0) is 18.6 Å². The summed E-state index contributed by atoms with van der Waals surface area (Å²) >= 11 is 0. The molecule has 0 radical (unpaired) electrons. The molecule has 5 heteroatoms. The molecule has 2 heterocycles. The first kappa shape index (κ1) is 14.2. The average Bonchev–Trinajstić information content (AvgIpc) is 2.84. The fraction of sp³-hybridized carbons (Fsp3) is 0.643. The molecule has 2 atom stereocenters. The predicted molar refractivity (Wildman–Crippen MR) is 77.3 cm³/mol. The monoisotopic (exact) mass is 264 g/mol. The Bertz CT molecular complexity index is 382. The quantitative estimate of drug-likeness (QED) is 0.685. The zero-order valence-electron chi connectivity index (χ0n) is 11.8. The van der Waals surface area contributed by atoms with Crippen molar-refractivity contribution in [3.05, 3.63) is 23.9 Å². The smallest absolute Gasteiger partial charge is 0.128 e. The van der Waals surface area contributed by atoms with Gasteiger partial charge in [0.1, 0.15) is 5.82 Å². The lowest BCUT2D eigenvalue weighted by atomic mass is 10.1. The Balaban J connectivity index is 1.77. The molecule has 0 aromatic carbocycles. The molecule has 1 aromatic heterocycles. The van der Waals surface area contributed by atoms with E-state index in [1.165, 1.54) is 5.56 Å². The minimum atomic E-state index is -0.216. The summed E-state index contributed by atoms with van der Waals surface area (Å²) in [6, 6.07) is 4.15. The van der Waals surface area contributed by atoms with E-state index in [9.17, 15) is 5.11 Å². The van der Waals surface area contributed by atoms with Crippen molar-refractivity contribution in [1.29, 1.82) is 0 Å². The summed E-state index contributed by atoms with van der Waals surface area (Å²) in [5.74, 6) is 1.32. The van der Waals surface area contributed by atoms with Crippen LogP contribution in [0.15, 0.2) is 18.3 Å². The van der Waals surface area contributed by atoms with Gasteiger partial charge in [0.05, 0.1) is 6.10 Å². The molecule has 1 fully saturated rings. The van der Waals surface area contributed by atoms with Crippen LogP contribution in [0.25, 0.3) is 0 Å². The molecule has 106 valence electrons. The number of hydrogen-bond acceptors (Lipinski definition) is 5. The maximum Gasteiger partial charge on any atom is 0.128 e. The molecular weight excluding hydrogens is 240 g/mol. The van der Waals surface area contributed by atoms with E-state index in [4.69, 9.17) is 0 Å². The van der Waals surface area contributed by atoms with Crippen molar-refractivity contribution in [2.45, 2.75) is 19.6 Å². The second kappa shape index (κ2) is 6.84. The van der Waals surface area contributed by atoms with Gasteiger partial charge in [-0.2, -0.15) is 0 Å². The van der Waals surface area contributed by atoms with Crippen molar-refractivity contribution >= 4 is 5.82 Å². The Morgan fingerprint density at radius 1 is 1.47 bits per heavy atom. The Morgan fingerprint density at radius 3 is 2.89 bits per heavy atom. The van der Waals surface area contributed by atoms with Crippen LogP contribution in [0.4, 0.5) is 5.82 Å². The number of β-amino-alcohol motifs (C(OH)–C–C–N with tert-alkyl or cyclic N) is 1.